The van der Waals surface area contributed by atoms with Crippen LogP contribution in [-0.4, -0.2) is 50.7 Å². The fourth-order valence-electron chi connectivity index (χ4n) is 4.76. The molecule has 0 bridgehead atoms. The Kier molecular flexibility index (Phi) is 10.2. The molecule has 1 unspecified atom stereocenters. The number of nitrogens with zero attached hydrogens (tertiary/aromatic N) is 3. The van der Waals surface area contributed by atoms with Gasteiger partial charge in [-0.3, -0.25) is 8.87 Å². The number of esters is 1. The molecule has 2 aromatic heterocycles. The van der Waals surface area contributed by atoms with Crippen LogP contribution in [0, 0.1) is 0 Å². The molecule has 2 aromatic carbocycles. The predicted molar refractivity (Wildman–Crippen MR) is 165 cm³/mol. The Morgan fingerprint density at radius 2 is 1.82 bits per heavy atom. The molecular formula is C30H34IN3O3S. The molecule has 38 heavy (non-hydrogen) atoms. The predicted octanol–water partition coefficient (Wildman–Crippen LogP) is 7.38. The van der Waals surface area contributed by atoms with Crippen molar-refractivity contribution in [2.45, 2.75) is 46.3 Å². The van der Waals surface area contributed by atoms with E-state index >= 15 is 0 Å². The Balaban J connectivity index is 0.00000164. The molecule has 6 nitrogen and oxygen atoms in total. The summed E-state index contributed by atoms with van der Waals surface area (Å²) in [6, 6.07) is 18.4. The second-order valence-electron chi connectivity index (χ2n) is 9.06. The number of β-amino-alcohol motifs (C(OH)–C–C–N with tert-alkyl or cyclic N) is 1. The van der Waals surface area contributed by atoms with Gasteiger partial charge in [0, 0.05) is 72.3 Å². The van der Waals surface area contributed by atoms with E-state index in [1.807, 2.05) is 44.3 Å². The highest BCUT2D eigenvalue weighted by Gasteiger charge is 2.18. The third kappa shape index (κ3) is 6.59. The first kappa shape index (κ1) is 28.6. The summed E-state index contributed by atoms with van der Waals surface area (Å²) in [5.41, 5.74) is 6.97. The second-order valence-corrected chi connectivity index (χ2v) is 10.8. The maximum atomic E-state index is 12.1. The highest BCUT2D eigenvalue weighted by atomic mass is 127. The molecule has 5 rings (SSSR count). The van der Waals surface area contributed by atoms with Crippen molar-refractivity contribution in [2.75, 3.05) is 19.7 Å². The van der Waals surface area contributed by atoms with Crippen LogP contribution in [0.15, 0.2) is 67.0 Å². The molecule has 3 heterocycles. The number of halogens is 1. The Morgan fingerprint density at radius 1 is 1.11 bits per heavy atom. The Morgan fingerprint density at radius 3 is 2.47 bits per heavy atom. The zero-order valence-corrected chi connectivity index (χ0v) is 25.0. The largest absolute Gasteiger partial charge is 0.462 e. The van der Waals surface area contributed by atoms with Crippen molar-refractivity contribution >= 4 is 47.3 Å². The van der Waals surface area contributed by atoms with Crippen molar-refractivity contribution in [2.24, 2.45) is 0 Å². The molecule has 1 fully saturated rings. The lowest BCUT2D eigenvalue weighted by Gasteiger charge is -2.29. The number of carbonyl (C=O) groups excluding carboxylic acids is 1. The van der Waals surface area contributed by atoms with Crippen LogP contribution >= 0.6 is 30.3 Å². The summed E-state index contributed by atoms with van der Waals surface area (Å²) in [5, 5.41) is 11.0. The van der Waals surface area contributed by atoms with E-state index in [0.717, 1.165) is 65.8 Å². The number of hydrogen-bond acceptors (Lipinski definition) is 6. The van der Waals surface area contributed by atoms with Crippen LogP contribution < -0.4 is 0 Å². The molecule has 1 aliphatic heterocycles. The van der Waals surface area contributed by atoms with Crippen molar-refractivity contribution in [3.63, 3.8) is 0 Å². The van der Waals surface area contributed by atoms with Crippen molar-refractivity contribution in [1.29, 1.82) is 0 Å². The molecule has 0 saturated carbocycles. The van der Waals surface area contributed by atoms with Crippen molar-refractivity contribution in [3.8, 4) is 22.3 Å². The summed E-state index contributed by atoms with van der Waals surface area (Å²) in [6.07, 6.45) is 5.76. The molecule has 1 atom stereocenters. The van der Waals surface area contributed by atoms with Crippen LogP contribution in [-0.2, 0) is 11.3 Å². The van der Waals surface area contributed by atoms with E-state index in [1.54, 1.807) is 16.0 Å². The van der Waals surface area contributed by atoms with Gasteiger partial charge in [-0.05, 0) is 61.2 Å². The third-order valence-corrected chi connectivity index (χ3v) is 8.27. The summed E-state index contributed by atoms with van der Waals surface area (Å²) in [4.78, 5) is 19.2. The lowest BCUT2D eigenvalue weighted by molar-refractivity contribution is 0.0526. The fraction of sp³-hybridized carbons (Fsp3) is 0.333. The smallest absolute Gasteiger partial charge is 0.338 e. The highest BCUT2D eigenvalue weighted by molar-refractivity contribution is 14.2. The zero-order valence-electron chi connectivity index (χ0n) is 22.1. The van der Waals surface area contributed by atoms with Crippen LogP contribution in [0.5, 0.6) is 0 Å². The van der Waals surface area contributed by atoms with Crippen molar-refractivity contribution < 1.29 is 14.6 Å². The first-order chi connectivity index (χ1) is 18.6. The average molecular weight is 644 g/mol. The molecule has 1 N–H and O–H groups in total. The highest BCUT2D eigenvalue weighted by Crippen LogP contribution is 2.36. The van der Waals surface area contributed by atoms with Gasteiger partial charge in [-0.1, -0.05) is 50.2 Å². The molecule has 0 radical (unpaired) electrons. The van der Waals surface area contributed by atoms with E-state index in [-0.39, 0.29) is 12.1 Å². The van der Waals surface area contributed by atoms with E-state index in [1.165, 1.54) is 5.56 Å². The number of aliphatic hydroxyl groups is 1. The monoisotopic (exact) mass is 643 g/mol. The van der Waals surface area contributed by atoms with E-state index in [9.17, 15) is 9.90 Å². The van der Waals surface area contributed by atoms with Gasteiger partial charge < -0.3 is 9.84 Å². The molecule has 0 spiro atoms. The summed E-state index contributed by atoms with van der Waals surface area (Å²) in [6.45, 7) is 8.81. The number of carbonyl (C=O) groups is 1. The van der Waals surface area contributed by atoms with Gasteiger partial charge >= 0.3 is 5.97 Å². The number of aromatic nitrogens is 2. The number of hydrogen-bond donors (Lipinski definition) is 1. The van der Waals surface area contributed by atoms with Gasteiger partial charge in [0.05, 0.1) is 18.3 Å². The molecule has 1 aliphatic rings. The quantitative estimate of drug-likeness (QED) is 0.168. The Hall–Kier alpha value is -2.40. The lowest BCUT2D eigenvalue weighted by Crippen LogP contribution is -2.37. The maximum Gasteiger partial charge on any atom is 0.338 e. The Labute approximate surface area is 241 Å². The van der Waals surface area contributed by atoms with Gasteiger partial charge in [0.2, 0.25) is 0 Å². The maximum absolute atomic E-state index is 12.1. The molecule has 0 amide bonds. The van der Waals surface area contributed by atoms with E-state index in [2.05, 4.69) is 66.6 Å². The summed E-state index contributed by atoms with van der Waals surface area (Å²) in [5.74, 6) is -0.307. The zero-order chi connectivity index (χ0) is 27.1. The number of fused-ring (bicyclic) bond motifs is 1. The third-order valence-electron chi connectivity index (χ3n) is 6.57. The molecule has 0 aliphatic carbocycles. The molecule has 8 heteroatoms. The first-order valence-electron chi connectivity index (χ1n) is 13.1. The fourth-order valence-corrected chi connectivity index (χ4v) is 6.01. The van der Waals surface area contributed by atoms with Gasteiger partial charge in [-0.25, -0.2) is 9.78 Å². The van der Waals surface area contributed by atoms with Crippen molar-refractivity contribution in [3.05, 3.63) is 78.1 Å². The molecule has 1 saturated heterocycles. The molecular weight excluding hydrogens is 609 g/mol. The van der Waals surface area contributed by atoms with E-state index in [0.29, 0.717) is 12.2 Å². The van der Waals surface area contributed by atoms with Crippen LogP contribution in [0.3, 0.4) is 0 Å². The van der Waals surface area contributed by atoms with Crippen LogP contribution in [0.4, 0.5) is 0 Å². The standard InChI is InChI=1S/C28H28IN3O3S.C2H6/c1-2-35-28(34)22-11-9-21(10-12-22)26-18-32(36-29)27-25(26)14-23(15-30-27)20-7-5-19(6-8-20)16-31-13-3-4-24(33)17-31;1-2/h5-12,14-15,18,24,33H,2-4,13,16-17H2,1H3;1-2H3. The number of likely N-dealkylation sites (tertiary alicyclic amines) is 1. The second kappa shape index (κ2) is 13.6. The lowest BCUT2D eigenvalue weighted by atomic mass is 10.0. The SMILES string of the molecule is CC.CCOC(=O)c1ccc(-c2cn(SI)c3ncc(-c4ccc(CN5CCCC(O)C5)cc4)cc23)cc1. The molecule has 200 valence electrons. The van der Waals surface area contributed by atoms with Crippen LogP contribution in [0.25, 0.3) is 33.3 Å². The topological polar surface area (TPSA) is 67.6 Å². The minimum Gasteiger partial charge on any atom is -0.462 e. The van der Waals surface area contributed by atoms with Gasteiger partial charge in [0.25, 0.3) is 0 Å². The van der Waals surface area contributed by atoms with Crippen LogP contribution in [0.2, 0.25) is 0 Å². The summed E-state index contributed by atoms with van der Waals surface area (Å²) < 4.78 is 7.17. The van der Waals surface area contributed by atoms with Gasteiger partial charge in [-0.2, -0.15) is 0 Å². The van der Waals surface area contributed by atoms with Crippen molar-refractivity contribution in [1.82, 2.24) is 13.9 Å². The first-order valence-corrected chi connectivity index (χ1v) is 16.4. The molecule has 4 aromatic rings. The minimum atomic E-state index is -0.307. The number of rotatable bonds is 7. The summed E-state index contributed by atoms with van der Waals surface area (Å²) >= 11 is 2.26. The van der Waals surface area contributed by atoms with Gasteiger partial charge in [0.15, 0.2) is 5.65 Å². The van der Waals surface area contributed by atoms with E-state index in [4.69, 9.17) is 9.72 Å². The number of ether oxygens (including phenoxy) is 1. The van der Waals surface area contributed by atoms with E-state index < -0.39 is 0 Å². The Bertz CT molecular complexity index is 1360. The number of pyridine rings is 1. The van der Waals surface area contributed by atoms with Gasteiger partial charge in [0.1, 0.15) is 0 Å². The summed E-state index contributed by atoms with van der Waals surface area (Å²) in [7, 11) is 1.58. The average Bonchev–Trinajstić information content (AvgIpc) is 3.33. The van der Waals surface area contributed by atoms with Gasteiger partial charge in [-0.15, -0.1) is 0 Å². The number of aliphatic hydroxyl groups excluding tert-OH is 1. The number of piperidine rings is 1. The normalized spacial score (nSPS) is 15.7. The number of benzene rings is 2. The minimum absolute atomic E-state index is 0.209. The van der Waals surface area contributed by atoms with Crippen LogP contribution in [0.1, 0.15) is 49.5 Å².